The zero-order chi connectivity index (χ0) is 19.8. The van der Waals surface area contributed by atoms with Crippen molar-refractivity contribution in [2.45, 2.75) is 44.6 Å². The Labute approximate surface area is 159 Å². The van der Waals surface area contributed by atoms with Crippen LogP contribution in [0.25, 0.3) is 0 Å². The smallest absolute Gasteiger partial charge is 0.244 e. The fourth-order valence-corrected chi connectivity index (χ4v) is 5.76. The highest BCUT2D eigenvalue weighted by Gasteiger charge is 2.40. The number of anilines is 2. The SMILES string of the molecule is Cc1cc(C)c(S(=O)(=O)N2CCCC2C(=O)Nc2ccc(N)nc2)c(C)c1. The molecule has 1 aliphatic heterocycles. The minimum absolute atomic E-state index is 0.293. The number of rotatable bonds is 4. The highest BCUT2D eigenvalue weighted by molar-refractivity contribution is 7.89. The molecular weight excluding hydrogens is 364 g/mol. The predicted molar refractivity (Wildman–Crippen MR) is 105 cm³/mol. The molecule has 0 spiro atoms. The number of hydrogen-bond donors (Lipinski definition) is 2. The van der Waals surface area contributed by atoms with Crippen molar-refractivity contribution in [1.82, 2.24) is 9.29 Å². The molecule has 1 unspecified atom stereocenters. The monoisotopic (exact) mass is 388 g/mol. The Kier molecular flexibility index (Phi) is 5.21. The van der Waals surface area contributed by atoms with Crippen LogP contribution in [0.5, 0.6) is 0 Å². The van der Waals surface area contributed by atoms with Crippen molar-refractivity contribution in [3.05, 3.63) is 47.2 Å². The van der Waals surface area contributed by atoms with E-state index in [1.807, 2.05) is 19.1 Å². The van der Waals surface area contributed by atoms with Crippen molar-refractivity contribution < 1.29 is 13.2 Å². The third kappa shape index (κ3) is 3.81. The molecule has 0 saturated carbocycles. The molecule has 1 amide bonds. The molecule has 2 aromatic rings. The van der Waals surface area contributed by atoms with Gasteiger partial charge in [0, 0.05) is 6.54 Å². The van der Waals surface area contributed by atoms with Crippen molar-refractivity contribution in [2.24, 2.45) is 0 Å². The van der Waals surface area contributed by atoms with E-state index < -0.39 is 16.1 Å². The summed E-state index contributed by atoms with van der Waals surface area (Å²) in [5.74, 6) is -0.00606. The van der Waals surface area contributed by atoms with Crippen LogP contribution in [-0.2, 0) is 14.8 Å². The molecule has 0 aliphatic carbocycles. The van der Waals surface area contributed by atoms with E-state index in [1.165, 1.54) is 10.5 Å². The van der Waals surface area contributed by atoms with Gasteiger partial charge in [-0.05, 0) is 56.9 Å². The number of amides is 1. The van der Waals surface area contributed by atoms with E-state index >= 15 is 0 Å². The topological polar surface area (TPSA) is 105 Å². The van der Waals surface area contributed by atoms with E-state index in [4.69, 9.17) is 5.73 Å². The first-order valence-electron chi connectivity index (χ1n) is 8.82. The average Bonchev–Trinajstić information content (AvgIpc) is 3.06. The van der Waals surface area contributed by atoms with Gasteiger partial charge < -0.3 is 11.1 Å². The molecule has 1 atom stereocenters. The fraction of sp³-hybridized carbons (Fsp3) is 0.368. The van der Waals surface area contributed by atoms with E-state index in [0.29, 0.717) is 46.9 Å². The van der Waals surface area contributed by atoms with Crippen LogP contribution < -0.4 is 11.1 Å². The van der Waals surface area contributed by atoms with Crippen molar-refractivity contribution in [3.63, 3.8) is 0 Å². The van der Waals surface area contributed by atoms with Gasteiger partial charge in [-0.1, -0.05) is 17.7 Å². The number of hydrogen-bond acceptors (Lipinski definition) is 5. The number of nitrogens with zero attached hydrogens (tertiary/aromatic N) is 2. The van der Waals surface area contributed by atoms with Gasteiger partial charge in [0.05, 0.1) is 16.8 Å². The molecule has 1 aliphatic rings. The number of aryl methyl sites for hydroxylation is 3. The minimum Gasteiger partial charge on any atom is -0.384 e. The van der Waals surface area contributed by atoms with Crippen LogP contribution >= 0.6 is 0 Å². The summed E-state index contributed by atoms with van der Waals surface area (Å²) in [5.41, 5.74) is 8.44. The number of nitrogens with one attached hydrogen (secondary N) is 1. The van der Waals surface area contributed by atoms with E-state index in [1.54, 1.807) is 26.0 Å². The summed E-state index contributed by atoms with van der Waals surface area (Å²) >= 11 is 0. The molecule has 8 heteroatoms. The maximum atomic E-state index is 13.3. The Hall–Kier alpha value is -2.45. The van der Waals surface area contributed by atoms with Gasteiger partial charge in [0.25, 0.3) is 0 Å². The maximum absolute atomic E-state index is 13.3. The first-order chi connectivity index (χ1) is 12.7. The van der Waals surface area contributed by atoms with Gasteiger partial charge in [-0.25, -0.2) is 13.4 Å². The zero-order valence-corrected chi connectivity index (χ0v) is 16.5. The lowest BCUT2D eigenvalue weighted by Crippen LogP contribution is -2.43. The molecule has 144 valence electrons. The number of carbonyl (C=O) groups excluding carboxylic acids is 1. The Morgan fingerprint density at radius 3 is 2.48 bits per heavy atom. The summed E-state index contributed by atoms with van der Waals surface area (Å²) < 4.78 is 28.0. The lowest BCUT2D eigenvalue weighted by Gasteiger charge is -2.25. The van der Waals surface area contributed by atoms with Crippen LogP contribution in [0, 0.1) is 20.8 Å². The quantitative estimate of drug-likeness (QED) is 0.837. The standard InChI is InChI=1S/C19H24N4O3S/c1-12-9-13(2)18(14(3)10-12)27(25,26)23-8-4-5-16(23)19(24)22-15-6-7-17(20)21-11-15/h6-7,9-11,16H,4-5,8H2,1-3H3,(H2,20,21)(H,22,24). The molecule has 1 saturated heterocycles. The lowest BCUT2D eigenvalue weighted by molar-refractivity contribution is -0.119. The molecule has 27 heavy (non-hydrogen) atoms. The molecule has 2 heterocycles. The average molecular weight is 388 g/mol. The van der Waals surface area contributed by atoms with Crippen LogP contribution in [0.1, 0.15) is 29.5 Å². The second-order valence-electron chi connectivity index (χ2n) is 6.96. The van der Waals surface area contributed by atoms with Crippen LogP contribution in [0.4, 0.5) is 11.5 Å². The zero-order valence-electron chi connectivity index (χ0n) is 15.7. The third-order valence-electron chi connectivity index (χ3n) is 4.73. The Balaban J connectivity index is 1.89. The van der Waals surface area contributed by atoms with E-state index in [-0.39, 0.29) is 5.91 Å². The first kappa shape index (κ1) is 19.3. The van der Waals surface area contributed by atoms with Gasteiger partial charge in [-0.2, -0.15) is 4.31 Å². The number of pyridine rings is 1. The summed E-state index contributed by atoms with van der Waals surface area (Å²) in [6.07, 6.45) is 2.58. The normalized spacial score (nSPS) is 17.8. The summed E-state index contributed by atoms with van der Waals surface area (Å²) in [6.45, 7) is 5.84. The van der Waals surface area contributed by atoms with Crippen molar-refractivity contribution in [2.75, 3.05) is 17.6 Å². The number of aromatic nitrogens is 1. The van der Waals surface area contributed by atoms with Crippen molar-refractivity contribution in [3.8, 4) is 0 Å². The summed E-state index contributed by atoms with van der Waals surface area (Å²) in [4.78, 5) is 17.0. The van der Waals surface area contributed by atoms with Gasteiger partial charge in [-0.3, -0.25) is 4.79 Å². The Morgan fingerprint density at radius 2 is 1.89 bits per heavy atom. The molecule has 1 aromatic carbocycles. The third-order valence-corrected chi connectivity index (χ3v) is 6.95. The largest absolute Gasteiger partial charge is 0.384 e. The summed E-state index contributed by atoms with van der Waals surface area (Å²) in [6, 6.07) is 6.18. The van der Waals surface area contributed by atoms with Crippen LogP contribution in [0.2, 0.25) is 0 Å². The fourth-order valence-electron chi connectivity index (χ4n) is 3.69. The molecule has 1 fully saturated rings. The number of benzene rings is 1. The van der Waals surface area contributed by atoms with Crippen LogP contribution in [-0.4, -0.2) is 36.2 Å². The number of carbonyl (C=O) groups is 1. The maximum Gasteiger partial charge on any atom is 0.244 e. The van der Waals surface area contributed by atoms with E-state index in [9.17, 15) is 13.2 Å². The van der Waals surface area contributed by atoms with Gasteiger partial charge in [0.1, 0.15) is 11.9 Å². The predicted octanol–water partition coefficient (Wildman–Crippen LogP) is 2.38. The Morgan fingerprint density at radius 1 is 1.22 bits per heavy atom. The molecular formula is C19H24N4O3S. The van der Waals surface area contributed by atoms with Gasteiger partial charge in [-0.15, -0.1) is 0 Å². The number of nitrogens with two attached hydrogens (primary N) is 1. The first-order valence-corrected chi connectivity index (χ1v) is 10.3. The summed E-state index contributed by atoms with van der Waals surface area (Å²) in [5, 5.41) is 2.74. The molecule has 3 N–H and O–H groups in total. The molecule has 1 aromatic heterocycles. The Bertz CT molecular complexity index is 948. The highest BCUT2D eigenvalue weighted by atomic mass is 32.2. The molecule has 3 rings (SSSR count). The second-order valence-corrected chi connectivity index (χ2v) is 8.79. The summed E-state index contributed by atoms with van der Waals surface area (Å²) in [7, 11) is -3.77. The van der Waals surface area contributed by atoms with Crippen molar-refractivity contribution >= 4 is 27.4 Å². The minimum atomic E-state index is -3.77. The number of nitrogen functional groups attached to an aromatic ring is 1. The second kappa shape index (κ2) is 7.28. The van der Waals surface area contributed by atoms with Crippen molar-refractivity contribution in [1.29, 1.82) is 0 Å². The highest BCUT2D eigenvalue weighted by Crippen LogP contribution is 2.31. The van der Waals surface area contributed by atoms with E-state index in [2.05, 4.69) is 10.3 Å². The molecule has 0 radical (unpaired) electrons. The van der Waals surface area contributed by atoms with Gasteiger partial charge >= 0.3 is 0 Å². The lowest BCUT2D eigenvalue weighted by atomic mass is 10.1. The van der Waals surface area contributed by atoms with E-state index in [0.717, 1.165) is 5.56 Å². The van der Waals surface area contributed by atoms with Gasteiger partial charge in [0.2, 0.25) is 15.9 Å². The number of sulfonamides is 1. The van der Waals surface area contributed by atoms with Crippen LogP contribution in [0.3, 0.4) is 0 Å². The van der Waals surface area contributed by atoms with Crippen LogP contribution in [0.15, 0.2) is 35.4 Å². The van der Waals surface area contributed by atoms with Gasteiger partial charge in [0.15, 0.2) is 0 Å². The molecule has 7 nitrogen and oxygen atoms in total. The molecule has 0 bridgehead atoms.